The maximum absolute atomic E-state index is 12.7. The lowest BCUT2D eigenvalue weighted by Gasteiger charge is -2.13. The Hall–Kier alpha value is -1.11. The number of halogens is 4. The molecule has 2 nitrogen and oxygen atoms in total. The van der Waals surface area contributed by atoms with E-state index in [0.29, 0.717) is 11.3 Å². The number of Topliss-reactive ketones (excluding diaryl/α,β-unsaturated/α-hetero) is 1. The summed E-state index contributed by atoms with van der Waals surface area (Å²) in [6.45, 7) is 0. The molecule has 0 radical (unpaired) electrons. The quantitative estimate of drug-likeness (QED) is 0.599. The van der Waals surface area contributed by atoms with E-state index < -0.39 is 23.0 Å². The standard InChI is InChI=1S/C8H6F4O2S/c1-14-4-2-3-15-5(4)6(13)8(11,12)7(9)10/h2-3,7H,1H3. The average molecular weight is 242 g/mol. The fourth-order valence-electron chi connectivity index (χ4n) is 0.874. The molecule has 1 aromatic rings. The molecule has 7 heteroatoms. The zero-order valence-corrected chi connectivity index (χ0v) is 8.29. The first-order valence-corrected chi connectivity index (χ1v) is 4.61. The van der Waals surface area contributed by atoms with E-state index >= 15 is 0 Å². The van der Waals surface area contributed by atoms with Crippen LogP contribution in [-0.4, -0.2) is 25.2 Å². The van der Waals surface area contributed by atoms with Gasteiger partial charge in [0, 0.05) is 0 Å². The van der Waals surface area contributed by atoms with Gasteiger partial charge in [0.1, 0.15) is 10.6 Å². The van der Waals surface area contributed by atoms with Crippen LogP contribution in [0.3, 0.4) is 0 Å². The lowest BCUT2D eigenvalue weighted by molar-refractivity contribution is -0.0956. The molecule has 0 amide bonds. The Balaban J connectivity index is 3.04. The van der Waals surface area contributed by atoms with Crippen molar-refractivity contribution in [2.75, 3.05) is 7.11 Å². The van der Waals surface area contributed by atoms with Gasteiger partial charge < -0.3 is 4.74 Å². The van der Waals surface area contributed by atoms with Gasteiger partial charge in [-0.25, -0.2) is 8.78 Å². The van der Waals surface area contributed by atoms with Crippen LogP contribution in [0.1, 0.15) is 9.67 Å². The highest BCUT2D eigenvalue weighted by Crippen LogP contribution is 2.34. The van der Waals surface area contributed by atoms with Gasteiger partial charge in [-0.1, -0.05) is 0 Å². The molecule has 0 fully saturated rings. The second-order valence-electron chi connectivity index (χ2n) is 2.57. The molecular formula is C8H6F4O2S. The van der Waals surface area contributed by atoms with Crippen molar-refractivity contribution < 1.29 is 27.1 Å². The Bertz CT molecular complexity index is 361. The Morgan fingerprint density at radius 3 is 2.60 bits per heavy atom. The fourth-order valence-corrected chi connectivity index (χ4v) is 1.71. The predicted octanol–water partition coefficient (Wildman–Crippen LogP) is 2.84. The van der Waals surface area contributed by atoms with Gasteiger partial charge in [0.15, 0.2) is 0 Å². The van der Waals surface area contributed by atoms with Gasteiger partial charge >= 0.3 is 12.3 Å². The summed E-state index contributed by atoms with van der Waals surface area (Å²) in [5.41, 5.74) is 0. The third kappa shape index (κ3) is 2.11. The lowest BCUT2D eigenvalue weighted by Crippen LogP contribution is -2.36. The summed E-state index contributed by atoms with van der Waals surface area (Å²) >= 11 is 0.639. The molecule has 0 aliphatic carbocycles. The van der Waals surface area contributed by atoms with Gasteiger partial charge in [0.05, 0.1) is 7.11 Å². The summed E-state index contributed by atoms with van der Waals surface area (Å²) in [4.78, 5) is 10.6. The van der Waals surface area contributed by atoms with Crippen LogP contribution < -0.4 is 4.74 Å². The van der Waals surface area contributed by atoms with E-state index in [2.05, 4.69) is 4.74 Å². The smallest absolute Gasteiger partial charge is 0.369 e. The van der Waals surface area contributed by atoms with Crippen molar-refractivity contribution in [3.05, 3.63) is 16.3 Å². The number of carbonyl (C=O) groups is 1. The van der Waals surface area contributed by atoms with Crippen LogP contribution in [0.2, 0.25) is 0 Å². The van der Waals surface area contributed by atoms with E-state index in [4.69, 9.17) is 0 Å². The van der Waals surface area contributed by atoms with E-state index in [0.717, 1.165) is 0 Å². The van der Waals surface area contributed by atoms with Crippen molar-refractivity contribution in [3.8, 4) is 5.75 Å². The maximum Gasteiger partial charge on any atom is 0.369 e. The van der Waals surface area contributed by atoms with E-state index in [9.17, 15) is 22.4 Å². The van der Waals surface area contributed by atoms with Crippen molar-refractivity contribution in [2.45, 2.75) is 12.3 Å². The van der Waals surface area contributed by atoms with Crippen molar-refractivity contribution in [1.82, 2.24) is 0 Å². The van der Waals surface area contributed by atoms with Crippen molar-refractivity contribution in [3.63, 3.8) is 0 Å². The summed E-state index contributed by atoms with van der Waals surface area (Å²) in [5.74, 6) is -6.70. The van der Waals surface area contributed by atoms with Crippen LogP contribution in [0, 0.1) is 0 Å². The number of rotatable bonds is 4. The molecule has 0 spiro atoms. The number of alkyl halides is 4. The molecule has 0 saturated heterocycles. The number of hydrogen-bond donors (Lipinski definition) is 0. The Morgan fingerprint density at radius 1 is 1.53 bits per heavy atom. The monoisotopic (exact) mass is 242 g/mol. The first kappa shape index (κ1) is 12.0. The summed E-state index contributed by atoms with van der Waals surface area (Å²) in [7, 11) is 1.17. The van der Waals surface area contributed by atoms with Gasteiger partial charge in [-0.05, 0) is 11.4 Å². The number of ether oxygens (including phenoxy) is 1. The molecule has 0 aliphatic rings. The minimum Gasteiger partial charge on any atom is -0.495 e. The lowest BCUT2D eigenvalue weighted by atomic mass is 10.2. The van der Waals surface area contributed by atoms with Crippen molar-refractivity contribution in [1.29, 1.82) is 0 Å². The first-order chi connectivity index (χ1) is 6.91. The van der Waals surface area contributed by atoms with Gasteiger partial charge in [-0.3, -0.25) is 4.79 Å². The molecule has 1 heterocycles. The number of carbonyl (C=O) groups excluding carboxylic acids is 1. The highest BCUT2D eigenvalue weighted by atomic mass is 32.1. The summed E-state index contributed by atoms with van der Waals surface area (Å²) < 4.78 is 53.7. The SMILES string of the molecule is COc1ccsc1C(=O)C(F)(F)C(F)F. The number of hydrogen-bond acceptors (Lipinski definition) is 3. The third-order valence-electron chi connectivity index (χ3n) is 1.63. The molecule has 1 aromatic heterocycles. The van der Waals surface area contributed by atoms with Crippen LogP contribution in [0.5, 0.6) is 5.75 Å². The number of ketones is 1. The molecule has 0 aromatic carbocycles. The minimum absolute atomic E-state index is 0.120. The summed E-state index contributed by atoms with van der Waals surface area (Å²) in [6, 6.07) is 1.26. The largest absolute Gasteiger partial charge is 0.495 e. The van der Waals surface area contributed by atoms with Crippen LogP contribution >= 0.6 is 11.3 Å². The summed E-state index contributed by atoms with van der Waals surface area (Å²) in [6.07, 6.45) is -4.02. The molecule has 84 valence electrons. The second-order valence-corrected chi connectivity index (χ2v) is 3.49. The topological polar surface area (TPSA) is 26.3 Å². The minimum atomic E-state index is -4.67. The highest BCUT2D eigenvalue weighted by molar-refractivity contribution is 7.12. The van der Waals surface area contributed by atoms with Gasteiger partial charge in [0.2, 0.25) is 0 Å². The molecule has 1 rings (SSSR count). The van der Waals surface area contributed by atoms with Crippen LogP contribution in [-0.2, 0) is 0 Å². The number of thiophene rings is 1. The van der Waals surface area contributed by atoms with Crippen LogP contribution in [0.25, 0.3) is 0 Å². The van der Waals surface area contributed by atoms with Gasteiger partial charge in [-0.15, -0.1) is 11.3 Å². The number of methoxy groups -OCH3 is 1. The first-order valence-electron chi connectivity index (χ1n) is 3.73. The summed E-state index contributed by atoms with van der Waals surface area (Å²) in [5, 5.41) is 1.31. The molecule has 0 aliphatic heterocycles. The molecule has 0 atom stereocenters. The van der Waals surface area contributed by atoms with Gasteiger partial charge in [-0.2, -0.15) is 8.78 Å². The highest BCUT2D eigenvalue weighted by Gasteiger charge is 2.50. The van der Waals surface area contributed by atoms with Crippen molar-refractivity contribution >= 4 is 17.1 Å². The second kappa shape index (κ2) is 4.18. The zero-order chi connectivity index (χ0) is 11.6. The van der Waals surface area contributed by atoms with Crippen LogP contribution in [0.4, 0.5) is 17.6 Å². The van der Waals surface area contributed by atoms with E-state index in [1.807, 2.05) is 0 Å². The Labute approximate surface area is 86.5 Å². The average Bonchev–Trinajstić information content (AvgIpc) is 2.63. The zero-order valence-electron chi connectivity index (χ0n) is 7.47. The predicted molar refractivity (Wildman–Crippen MR) is 46.2 cm³/mol. The fraction of sp³-hybridized carbons (Fsp3) is 0.375. The molecule has 0 saturated carbocycles. The normalized spacial score (nSPS) is 11.9. The molecule has 15 heavy (non-hydrogen) atoms. The Kier molecular flexibility index (Phi) is 3.33. The van der Waals surface area contributed by atoms with E-state index in [-0.39, 0.29) is 5.75 Å². The third-order valence-corrected chi connectivity index (χ3v) is 2.53. The maximum atomic E-state index is 12.7. The molecular weight excluding hydrogens is 236 g/mol. The van der Waals surface area contributed by atoms with E-state index in [1.54, 1.807) is 0 Å². The molecule has 0 N–H and O–H groups in total. The van der Waals surface area contributed by atoms with Crippen molar-refractivity contribution in [2.24, 2.45) is 0 Å². The van der Waals surface area contributed by atoms with Gasteiger partial charge in [0.25, 0.3) is 5.78 Å². The molecule has 0 unspecified atom stereocenters. The van der Waals surface area contributed by atoms with E-state index in [1.165, 1.54) is 18.6 Å². The molecule has 0 bridgehead atoms. The van der Waals surface area contributed by atoms with Crippen LogP contribution in [0.15, 0.2) is 11.4 Å². The Morgan fingerprint density at radius 2 is 2.13 bits per heavy atom.